The second kappa shape index (κ2) is 8.22. The van der Waals surface area contributed by atoms with Crippen molar-refractivity contribution in [1.29, 1.82) is 0 Å². The van der Waals surface area contributed by atoms with Crippen LogP contribution in [0.1, 0.15) is 20.3 Å². The van der Waals surface area contributed by atoms with E-state index in [0.717, 1.165) is 25.5 Å². The van der Waals surface area contributed by atoms with E-state index in [1.807, 2.05) is 17.0 Å². The summed E-state index contributed by atoms with van der Waals surface area (Å²) < 4.78 is 0. The van der Waals surface area contributed by atoms with Crippen LogP contribution in [-0.4, -0.2) is 78.0 Å². The molecule has 1 atom stereocenters. The van der Waals surface area contributed by atoms with Gasteiger partial charge in [-0.15, -0.1) is 0 Å². The Kier molecular flexibility index (Phi) is 5.98. The largest absolute Gasteiger partial charge is 0.353 e. The van der Waals surface area contributed by atoms with Crippen molar-refractivity contribution < 1.29 is 9.59 Å². The van der Waals surface area contributed by atoms with E-state index < -0.39 is 0 Å². The van der Waals surface area contributed by atoms with Crippen molar-refractivity contribution in [2.75, 3.05) is 44.2 Å². The molecule has 1 aromatic rings. The molecule has 0 spiro atoms. The summed E-state index contributed by atoms with van der Waals surface area (Å²) in [7, 11) is 0. The number of hydrogen-bond donors (Lipinski definition) is 1. The van der Waals surface area contributed by atoms with Crippen LogP contribution in [0, 0.1) is 0 Å². The average Bonchev–Trinajstić information content (AvgIpc) is 2.64. The van der Waals surface area contributed by atoms with Crippen molar-refractivity contribution in [1.82, 2.24) is 20.1 Å². The summed E-state index contributed by atoms with van der Waals surface area (Å²) in [5, 5.41) is 3.49. The Morgan fingerprint density at radius 3 is 2.62 bits per heavy atom. The average molecular weight is 380 g/mol. The van der Waals surface area contributed by atoms with Gasteiger partial charge in [-0.1, -0.05) is 11.6 Å². The lowest BCUT2D eigenvalue weighted by Crippen LogP contribution is -2.59. The molecule has 26 heavy (non-hydrogen) atoms. The molecule has 142 valence electrons. The third-order valence-electron chi connectivity index (χ3n) is 5.07. The first-order chi connectivity index (χ1) is 12.5. The minimum absolute atomic E-state index is 0.0395. The number of anilines is 1. The molecule has 2 amide bonds. The molecular formula is C18H26ClN5O2. The summed E-state index contributed by atoms with van der Waals surface area (Å²) in [5.74, 6) is 0.878. The summed E-state index contributed by atoms with van der Waals surface area (Å²) in [5.41, 5.74) is 0. The third-order valence-corrected chi connectivity index (χ3v) is 5.30. The Morgan fingerprint density at radius 1 is 1.27 bits per heavy atom. The number of carbonyl (C=O) groups is 2. The van der Waals surface area contributed by atoms with E-state index in [1.165, 1.54) is 0 Å². The Bertz CT molecular complexity index is 643. The van der Waals surface area contributed by atoms with Gasteiger partial charge in [0.25, 0.3) is 0 Å². The first-order valence-corrected chi connectivity index (χ1v) is 9.51. The number of aromatic nitrogens is 1. The number of piperazine rings is 2. The number of nitrogens with one attached hydrogen (secondary N) is 1. The highest BCUT2D eigenvalue weighted by atomic mass is 35.5. The fourth-order valence-electron chi connectivity index (χ4n) is 3.60. The molecule has 0 unspecified atom stereocenters. The monoisotopic (exact) mass is 379 g/mol. The van der Waals surface area contributed by atoms with Crippen LogP contribution in [0.4, 0.5) is 5.82 Å². The maximum Gasteiger partial charge on any atom is 0.237 e. The number of nitrogens with zero attached hydrogens (tertiary/aromatic N) is 4. The van der Waals surface area contributed by atoms with Crippen molar-refractivity contribution >= 4 is 29.2 Å². The maximum absolute atomic E-state index is 12.7. The molecule has 0 radical (unpaired) electrons. The first kappa shape index (κ1) is 18.9. The van der Waals surface area contributed by atoms with Crippen LogP contribution < -0.4 is 10.2 Å². The standard InChI is InChI=1S/C18H26ClN5O2/c1-13(2)24-6-5-20-18(26)15(24)11-17(25)23-9-7-22(8-10-23)16-4-3-14(19)12-21-16/h3-4,12-13,15H,5-11H2,1-2H3,(H,20,26)/t15-/m0/s1. The van der Waals surface area contributed by atoms with Crippen molar-refractivity contribution in [3.8, 4) is 0 Å². The highest BCUT2D eigenvalue weighted by Gasteiger charge is 2.34. The Labute approximate surface area is 159 Å². The molecule has 7 nitrogen and oxygen atoms in total. The molecule has 3 heterocycles. The Morgan fingerprint density at radius 2 is 2.00 bits per heavy atom. The summed E-state index contributed by atoms with van der Waals surface area (Å²) in [4.78, 5) is 35.4. The van der Waals surface area contributed by atoms with E-state index >= 15 is 0 Å². The molecule has 2 aliphatic heterocycles. The fourth-order valence-corrected chi connectivity index (χ4v) is 3.71. The lowest BCUT2D eigenvalue weighted by molar-refractivity contribution is -0.139. The molecule has 0 aliphatic carbocycles. The molecule has 8 heteroatoms. The highest BCUT2D eigenvalue weighted by molar-refractivity contribution is 6.30. The van der Waals surface area contributed by atoms with E-state index in [2.05, 4.69) is 33.9 Å². The molecular weight excluding hydrogens is 354 g/mol. The maximum atomic E-state index is 12.7. The number of rotatable bonds is 4. The zero-order chi connectivity index (χ0) is 18.7. The van der Waals surface area contributed by atoms with Gasteiger partial charge in [0, 0.05) is 51.5 Å². The molecule has 1 N–H and O–H groups in total. The van der Waals surface area contributed by atoms with Gasteiger partial charge in [-0.2, -0.15) is 0 Å². The van der Waals surface area contributed by atoms with Gasteiger partial charge >= 0.3 is 0 Å². The van der Waals surface area contributed by atoms with E-state index in [4.69, 9.17) is 11.6 Å². The minimum atomic E-state index is -0.368. The van der Waals surface area contributed by atoms with E-state index in [9.17, 15) is 9.59 Å². The van der Waals surface area contributed by atoms with E-state index in [1.54, 1.807) is 6.20 Å². The second-order valence-corrected chi connectivity index (χ2v) is 7.48. The van der Waals surface area contributed by atoms with Gasteiger partial charge in [0.05, 0.1) is 17.5 Å². The van der Waals surface area contributed by atoms with Crippen LogP contribution in [0.5, 0.6) is 0 Å². The Balaban J connectivity index is 1.56. The van der Waals surface area contributed by atoms with E-state index in [-0.39, 0.29) is 30.3 Å². The molecule has 2 aliphatic rings. The number of amides is 2. The number of pyridine rings is 1. The molecule has 1 aromatic heterocycles. The lowest BCUT2D eigenvalue weighted by Gasteiger charge is -2.40. The Hall–Kier alpha value is -1.86. The molecule has 0 bridgehead atoms. The molecule has 2 fully saturated rings. The lowest BCUT2D eigenvalue weighted by atomic mass is 10.1. The number of carbonyl (C=O) groups excluding carboxylic acids is 2. The van der Waals surface area contributed by atoms with Crippen LogP contribution >= 0.6 is 11.6 Å². The van der Waals surface area contributed by atoms with Crippen molar-refractivity contribution in [2.45, 2.75) is 32.4 Å². The highest BCUT2D eigenvalue weighted by Crippen LogP contribution is 2.18. The predicted octanol–water partition coefficient (Wildman–Crippen LogP) is 0.983. The van der Waals surface area contributed by atoms with Crippen molar-refractivity contribution in [3.05, 3.63) is 23.4 Å². The van der Waals surface area contributed by atoms with Crippen LogP contribution in [0.3, 0.4) is 0 Å². The van der Waals surface area contributed by atoms with Gasteiger partial charge in [-0.25, -0.2) is 4.98 Å². The zero-order valence-electron chi connectivity index (χ0n) is 15.3. The molecule has 2 saturated heterocycles. The topological polar surface area (TPSA) is 68.8 Å². The summed E-state index contributed by atoms with van der Waals surface area (Å²) in [6.45, 7) is 8.29. The first-order valence-electron chi connectivity index (χ1n) is 9.13. The molecule has 3 rings (SSSR count). The summed E-state index contributed by atoms with van der Waals surface area (Å²) >= 11 is 5.88. The van der Waals surface area contributed by atoms with Gasteiger partial charge in [0.2, 0.25) is 11.8 Å². The second-order valence-electron chi connectivity index (χ2n) is 7.04. The fraction of sp³-hybridized carbons (Fsp3) is 0.611. The summed E-state index contributed by atoms with van der Waals surface area (Å²) in [6.07, 6.45) is 1.87. The third kappa shape index (κ3) is 4.27. The van der Waals surface area contributed by atoms with Gasteiger partial charge in [-0.3, -0.25) is 14.5 Å². The van der Waals surface area contributed by atoms with Crippen molar-refractivity contribution in [2.24, 2.45) is 0 Å². The molecule has 0 saturated carbocycles. The van der Waals surface area contributed by atoms with Crippen molar-refractivity contribution in [3.63, 3.8) is 0 Å². The minimum Gasteiger partial charge on any atom is -0.353 e. The van der Waals surface area contributed by atoms with Crippen LogP contribution in [0.25, 0.3) is 0 Å². The van der Waals surface area contributed by atoms with Crippen LogP contribution in [-0.2, 0) is 9.59 Å². The number of hydrogen-bond acceptors (Lipinski definition) is 5. The van der Waals surface area contributed by atoms with Gasteiger partial charge in [0.15, 0.2) is 0 Å². The SMILES string of the molecule is CC(C)N1CCNC(=O)[C@@H]1CC(=O)N1CCN(c2ccc(Cl)cn2)CC1. The molecule has 0 aromatic carbocycles. The normalized spacial score (nSPS) is 21.8. The zero-order valence-corrected chi connectivity index (χ0v) is 16.1. The number of halogens is 1. The van der Waals surface area contributed by atoms with Crippen LogP contribution in [0.15, 0.2) is 18.3 Å². The van der Waals surface area contributed by atoms with Gasteiger partial charge < -0.3 is 15.1 Å². The van der Waals surface area contributed by atoms with Gasteiger partial charge in [-0.05, 0) is 26.0 Å². The predicted molar refractivity (Wildman–Crippen MR) is 101 cm³/mol. The van der Waals surface area contributed by atoms with Crippen LogP contribution in [0.2, 0.25) is 5.02 Å². The quantitative estimate of drug-likeness (QED) is 0.844. The summed E-state index contributed by atoms with van der Waals surface area (Å²) in [6, 6.07) is 3.59. The van der Waals surface area contributed by atoms with E-state index in [0.29, 0.717) is 24.7 Å². The smallest absolute Gasteiger partial charge is 0.237 e. The van der Waals surface area contributed by atoms with Gasteiger partial charge in [0.1, 0.15) is 5.82 Å².